The maximum Gasteiger partial charge on any atom is 0.264 e. The van der Waals surface area contributed by atoms with Gasteiger partial charge in [-0.2, -0.15) is 0 Å². The third kappa shape index (κ3) is 5.68. The number of nitrogens with zero attached hydrogens (tertiary/aromatic N) is 1. The van der Waals surface area contributed by atoms with Crippen LogP contribution in [-0.4, -0.2) is 27.5 Å². The highest BCUT2D eigenvalue weighted by Gasteiger charge is 2.27. The fraction of sp³-hybridized carbons (Fsp3) is 0.240. The zero-order chi connectivity index (χ0) is 23.3. The first kappa shape index (κ1) is 23.3. The molecule has 0 bridgehead atoms. The smallest absolute Gasteiger partial charge is 0.264 e. The Morgan fingerprint density at radius 3 is 2.19 bits per heavy atom. The largest absolute Gasteiger partial charge is 0.494 e. The van der Waals surface area contributed by atoms with Gasteiger partial charge in [0.15, 0.2) is 0 Å². The zero-order valence-electron chi connectivity index (χ0n) is 18.8. The van der Waals surface area contributed by atoms with E-state index in [0.717, 1.165) is 21.0 Å². The summed E-state index contributed by atoms with van der Waals surface area (Å²) >= 11 is 0. The van der Waals surface area contributed by atoms with E-state index in [-0.39, 0.29) is 11.4 Å². The van der Waals surface area contributed by atoms with Crippen LogP contribution in [-0.2, 0) is 14.8 Å². The van der Waals surface area contributed by atoms with E-state index in [0.29, 0.717) is 23.7 Å². The molecule has 0 spiro atoms. The van der Waals surface area contributed by atoms with Crippen molar-refractivity contribution in [3.05, 3.63) is 83.4 Å². The Morgan fingerprint density at radius 2 is 1.56 bits per heavy atom. The molecule has 0 aromatic heterocycles. The Hall–Kier alpha value is -3.32. The Balaban J connectivity index is 1.94. The van der Waals surface area contributed by atoms with Gasteiger partial charge in [0.1, 0.15) is 12.3 Å². The average molecular weight is 453 g/mol. The molecule has 32 heavy (non-hydrogen) atoms. The molecule has 0 atom stereocenters. The standard InChI is InChI=1S/C25H28N2O4S/c1-5-31-23-8-6-7-21(16-23)26-25(28)17-27(22-14-19(3)13-20(4)15-22)32(29,30)24-11-9-18(2)10-12-24/h6-16H,5,17H2,1-4H3,(H,26,28). The molecule has 7 heteroatoms. The highest BCUT2D eigenvalue weighted by Crippen LogP contribution is 2.26. The Kier molecular flexibility index (Phi) is 7.20. The lowest BCUT2D eigenvalue weighted by atomic mass is 10.1. The summed E-state index contributed by atoms with van der Waals surface area (Å²) in [6.45, 7) is 7.70. The number of aryl methyl sites for hydroxylation is 3. The summed E-state index contributed by atoms with van der Waals surface area (Å²) in [7, 11) is -3.96. The van der Waals surface area contributed by atoms with Crippen molar-refractivity contribution in [1.29, 1.82) is 0 Å². The monoisotopic (exact) mass is 452 g/mol. The summed E-state index contributed by atoms with van der Waals surface area (Å²) in [5.74, 6) is 0.178. The minimum absolute atomic E-state index is 0.133. The number of amides is 1. The first-order chi connectivity index (χ1) is 15.2. The third-order valence-electron chi connectivity index (χ3n) is 4.82. The molecule has 3 aromatic rings. The normalized spacial score (nSPS) is 11.1. The molecule has 3 aromatic carbocycles. The van der Waals surface area contributed by atoms with Gasteiger partial charge in [-0.05, 0) is 75.2 Å². The van der Waals surface area contributed by atoms with Crippen LogP contribution in [0.3, 0.4) is 0 Å². The van der Waals surface area contributed by atoms with Crippen molar-refractivity contribution < 1.29 is 17.9 Å². The first-order valence-corrected chi connectivity index (χ1v) is 11.8. The summed E-state index contributed by atoms with van der Waals surface area (Å²) in [4.78, 5) is 13.0. The number of carbonyl (C=O) groups is 1. The Bertz CT molecular complexity index is 1180. The molecule has 1 N–H and O–H groups in total. The lowest BCUT2D eigenvalue weighted by molar-refractivity contribution is -0.114. The molecule has 0 aliphatic heterocycles. The minimum Gasteiger partial charge on any atom is -0.494 e. The van der Waals surface area contributed by atoms with E-state index in [1.807, 2.05) is 33.8 Å². The summed E-state index contributed by atoms with van der Waals surface area (Å²) in [5, 5.41) is 2.78. The number of hydrogen-bond acceptors (Lipinski definition) is 4. The van der Waals surface area contributed by atoms with Crippen molar-refractivity contribution in [2.75, 3.05) is 22.8 Å². The minimum atomic E-state index is -3.96. The molecule has 0 fully saturated rings. The molecule has 0 saturated carbocycles. The van der Waals surface area contributed by atoms with E-state index < -0.39 is 15.9 Å². The van der Waals surface area contributed by atoms with Crippen LogP contribution >= 0.6 is 0 Å². The van der Waals surface area contributed by atoms with Crippen molar-refractivity contribution in [2.24, 2.45) is 0 Å². The van der Waals surface area contributed by atoms with E-state index in [2.05, 4.69) is 5.32 Å². The van der Waals surface area contributed by atoms with Gasteiger partial charge in [-0.3, -0.25) is 9.10 Å². The number of rotatable bonds is 8. The van der Waals surface area contributed by atoms with Crippen LogP contribution in [0, 0.1) is 20.8 Å². The molecule has 168 valence electrons. The summed E-state index contributed by atoms with van der Waals surface area (Å²) in [6.07, 6.45) is 0. The molecular weight excluding hydrogens is 424 g/mol. The lowest BCUT2D eigenvalue weighted by Gasteiger charge is -2.25. The summed E-state index contributed by atoms with van der Waals surface area (Å²) < 4.78 is 33.7. The molecule has 0 aliphatic carbocycles. The van der Waals surface area contributed by atoms with Crippen molar-refractivity contribution in [3.8, 4) is 5.75 Å². The van der Waals surface area contributed by atoms with Crippen LogP contribution in [0.25, 0.3) is 0 Å². The Labute approximate surface area is 189 Å². The van der Waals surface area contributed by atoms with Crippen LogP contribution in [0.2, 0.25) is 0 Å². The fourth-order valence-electron chi connectivity index (χ4n) is 3.41. The average Bonchev–Trinajstić information content (AvgIpc) is 2.72. The van der Waals surface area contributed by atoms with Crippen LogP contribution in [0.4, 0.5) is 11.4 Å². The maximum absolute atomic E-state index is 13.5. The fourth-order valence-corrected chi connectivity index (χ4v) is 4.81. The van der Waals surface area contributed by atoms with Gasteiger partial charge in [0.2, 0.25) is 5.91 Å². The molecule has 0 aliphatic rings. The number of benzene rings is 3. The number of nitrogens with one attached hydrogen (secondary N) is 1. The Morgan fingerprint density at radius 1 is 0.906 bits per heavy atom. The van der Waals surface area contributed by atoms with Crippen LogP contribution in [0.15, 0.2) is 71.6 Å². The van der Waals surface area contributed by atoms with Crippen LogP contribution in [0.5, 0.6) is 5.75 Å². The predicted octanol–water partition coefficient (Wildman–Crippen LogP) is 4.84. The molecule has 3 rings (SSSR count). The molecule has 0 radical (unpaired) electrons. The van der Waals surface area contributed by atoms with E-state index in [1.165, 1.54) is 0 Å². The van der Waals surface area contributed by atoms with Gasteiger partial charge >= 0.3 is 0 Å². The maximum atomic E-state index is 13.5. The van der Waals surface area contributed by atoms with Gasteiger partial charge in [-0.1, -0.05) is 29.8 Å². The van der Waals surface area contributed by atoms with E-state index in [1.54, 1.807) is 60.7 Å². The number of hydrogen-bond donors (Lipinski definition) is 1. The molecule has 0 heterocycles. The van der Waals surface area contributed by atoms with E-state index in [4.69, 9.17) is 4.74 Å². The molecule has 6 nitrogen and oxygen atoms in total. The second-order valence-electron chi connectivity index (χ2n) is 7.68. The second-order valence-corrected chi connectivity index (χ2v) is 9.54. The van der Waals surface area contributed by atoms with Crippen molar-refractivity contribution in [1.82, 2.24) is 0 Å². The molecule has 0 saturated heterocycles. The highest BCUT2D eigenvalue weighted by atomic mass is 32.2. The lowest BCUT2D eigenvalue weighted by Crippen LogP contribution is -2.38. The zero-order valence-corrected chi connectivity index (χ0v) is 19.6. The quantitative estimate of drug-likeness (QED) is 0.530. The second kappa shape index (κ2) is 9.87. The van der Waals surface area contributed by atoms with Gasteiger partial charge < -0.3 is 10.1 Å². The van der Waals surface area contributed by atoms with E-state index >= 15 is 0 Å². The van der Waals surface area contributed by atoms with Gasteiger partial charge in [-0.25, -0.2) is 8.42 Å². The van der Waals surface area contributed by atoms with Gasteiger partial charge in [0.25, 0.3) is 10.0 Å². The van der Waals surface area contributed by atoms with Gasteiger partial charge in [-0.15, -0.1) is 0 Å². The van der Waals surface area contributed by atoms with E-state index in [9.17, 15) is 13.2 Å². The van der Waals surface area contributed by atoms with Crippen LogP contribution in [0.1, 0.15) is 23.6 Å². The number of anilines is 2. The van der Waals surface area contributed by atoms with Crippen molar-refractivity contribution in [2.45, 2.75) is 32.6 Å². The third-order valence-corrected chi connectivity index (χ3v) is 6.61. The first-order valence-electron chi connectivity index (χ1n) is 10.4. The number of ether oxygens (including phenoxy) is 1. The number of sulfonamides is 1. The van der Waals surface area contributed by atoms with Crippen LogP contribution < -0.4 is 14.4 Å². The SMILES string of the molecule is CCOc1cccc(NC(=O)CN(c2cc(C)cc(C)c2)S(=O)(=O)c2ccc(C)cc2)c1. The summed E-state index contributed by atoms with van der Waals surface area (Å²) in [5.41, 5.74) is 3.76. The molecule has 0 unspecified atom stereocenters. The predicted molar refractivity (Wildman–Crippen MR) is 128 cm³/mol. The highest BCUT2D eigenvalue weighted by molar-refractivity contribution is 7.92. The molecular formula is C25H28N2O4S. The topological polar surface area (TPSA) is 75.7 Å². The van der Waals surface area contributed by atoms with Crippen molar-refractivity contribution in [3.63, 3.8) is 0 Å². The van der Waals surface area contributed by atoms with Gasteiger partial charge in [0, 0.05) is 11.8 Å². The van der Waals surface area contributed by atoms with Crippen molar-refractivity contribution >= 4 is 27.3 Å². The molecule has 1 amide bonds. The number of carbonyl (C=O) groups excluding carboxylic acids is 1. The summed E-state index contributed by atoms with van der Waals surface area (Å²) in [6, 6.07) is 19.1. The van der Waals surface area contributed by atoms with Gasteiger partial charge in [0.05, 0.1) is 17.2 Å².